The Labute approximate surface area is 247 Å². The van der Waals surface area contributed by atoms with Crippen molar-refractivity contribution in [1.82, 2.24) is 20.1 Å². The van der Waals surface area contributed by atoms with Gasteiger partial charge in [-0.3, -0.25) is 14.2 Å². The van der Waals surface area contributed by atoms with Crippen LogP contribution < -0.4 is 10.2 Å². The Hall–Kier alpha value is -3.54. The summed E-state index contributed by atoms with van der Waals surface area (Å²) in [5.41, 5.74) is 0.946. The number of amides is 2. The normalized spacial score (nSPS) is 13.1. The third-order valence-corrected chi connectivity index (χ3v) is 8.13. The minimum atomic E-state index is -4.70. The number of carbonyl (C=O) groups is 2. The minimum absolute atomic E-state index is 0.0547. The largest absolute Gasteiger partial charge is 0.417 e. The van der Waals surface area contributed by atoms with E-state index in [4.69, 9.17) is 23.2 Å². The monoisotopic (exact) mass is 619 g/mol. The van der Waals surface area contributed by atoms with Crippen LogP contribution in [-0.4, -0.2) is 38.9 Å². The molecule has 0 spiro atoms. The summed E-state index contributed by atoms with van der Waals surface area (Å²) >= 11 is 13.5. The second-order valence-electron chi connectivity index (χ2n) is 9.12. The second kappa shape index (κ2) is 12.1. The molecule has 0 unspecified atom stereocenters. The Balaban J connectivity index is 1.39. The van der Waals surface area contributed by atoms with Crippen LogP contribution in [0.3, 0.4) is 0 Å². The summed E-state index contributed by atoms with van der Waals surface area (Å²) in [7, 11) is 0. The molecule has 5 rings (SSSR count). The van der Waals surface area contributed by atoms with Crippen molar-refractivity contribution in [1.29, 1.82) is 0 Å². The summed E-state index contributed by atoms with van der Waals surface area (Å²) < 4.78 is 41.9. The molecule has 3 aromatic carbocycles. The molecule has 2 heterocycles. The molecule has 4 aromatic rings. The van der Waals surface area contributed by atoms with E-state index in [1.807, 2.05) is 24.3 Å². The number of rotatable bonds is 7. The molecular weight excluding hydrogens is 598 g/mol. The summed E-state index contributed by atoms with van der Waals surface area (Å²) in [4.78, 5) is 27.8. The van der Waals surface area contributed by atoms with Crippen molar-refractivity contribution < 1.29 is 22.8 Å². The van der Waals surface area contributed by atoms with Gasteiger partial charge in [-0.25, -0.2) is 0 Å². The fourth-order valence-electron chi connectivity index (χ4n) is 4.57. The summed E-state index contributed by atoms with van der Waals surface area (Å²) in [6.45, 7) is 0.360. The standard InChI is InChI=1S/C28H22Cl2F3N5O2S/c29-21-12-11-18(14-22(21)30)38-24(15-34-26(40)19-8-2-3-9-20(19)28(31,32)33)35-36-27(38)41-16-25(39)37-13-5-7-17-6-1-4-10-23(17)37/h1-4,6,8-12,14H,5,7,13,15-16H2,(H,34,40). The van der Waals surface area contributed by atoms with Gasteiger partial charge in [-0.2, -0.15) is 13.2 Å². The van der Waals surface area contributed by atoms with Crippen LogP contribution in [-0.2, 0) is 23.9 Å². The highest BCUT2D eigenvalue weighted by molar-refractivity contribution is 7.99. The SMILES string of the molecule is O=C(NCc1nnc(SCC(=O)N2CCCc3ccccc32)n1-c1ccc(Cl)c(Cl)c1)c1ccccc1C(F)(F)F. The lowest BCUT2D eigenvalue weighted by molar-refractivity contribution is -0.138. The molecule has 7 nitrogen and oxygen atoms in total. The highest BCUT2D eigenvalue weighted by Gasteiger charge is 2.35. The van der Waals surface area contributed by atoms with E-state index < -0.39 is 23.2 Å². The molecular formula is C28H22Cl2F3N5O2S. The number of aromatic nitrogens is 3. The van der Waals surface area contributed by atoms with E-state index in [0.29, 0.717) is 22.4 Å². The number of anilines is 1. The molecule has 0 radical (unpaired) electrons. The number of nitrogens with one attached hydrogen (secondary N) is 1. The van der Waals surface area contributed by atoms with E-state index in [2.05, 4.69) is 15.5 Å². The molecule has 13 heteroatoms. The van der Waals surface area contributed by atoms with Gasteiger partial charge in [0, 0.05) is 12.2 Å². The third kappa shape index (κ3) is 6.37. The number of benzene rings is 3. The molecule has 0 fully saturated rings. The fourth-order valence-corrected chi connectivity index (χ4v) is 5.71. The summed E-state index contributed by atoms with van der Waals surface area (Å²) in [5.74, 6) is -0.752. The van der Waals surface area contributed by atoms with Crippen LogP contribution >= 0.6 is 35.0 Å². The summed E-state index contributed by atoms with van der Waals surface area (Å²) in [5, 5.41) is 11.8. The molecule has 0 aliphatic carbocycles. The average Bonchev–Trinajstić information content (AvgIpc) is 3.38. The molecule has 0 saturated carbocycles. The molecule has 0 saturated heterocycles. The molecule has 1 N–H and O–H groups in total. The lowest BCUT2D eigenvalue weighted by Gasteiger charge is -2.29. The molecule has 2 amide bonds. The van der Waals surface area contributed by atoms with Gasteiger partial charge < -0.3 is 10.2 Å². The van der Waals surface area contributed by atoms with Crippen LogP contribution in [0.5, 0.6) is 0 Å². The van der Waals surface area contributed by atoms with Crippen LogP contribution in [0.4, 0.5) is 18.9 Å². The number of halogens is 5. The van der Waals surface area contributed by atoms with Crippen LogP contribution in [0.15, 0.2) is 71.9 Å². The number of aryl methyl sites for hydroxylation is 1. The Morgan fingerprint density at radius 3 is 2.51 bits per heavy atom. The van der Waals surface area contributed by atoms with Crippen molar-refractivity contribution in [2.75, 3.05) is 17.2 Å². The number of hydrogen-bond donors (Lipinski definition) is 1. The maximum Gasteiger partial charge on any atom is 0.417 e. The summed E-state index contributed by atoms with van der Waals surface area (Å²) in [6.07, 6.45) is -2.94. The van der Waals surface area contributed by atoms with E-state index in [9.17, 15) is 22.8 Å². The van der Waals surface area contributed by atoms with Gasteiger partial charge in [-0.05, 0) is 54.8 Å². The zero-order valence-corrected chi connectivity index (χ0v) is 23.6. The maximum absolute atomic E-state index is 13.4. The lowest BCUT2D eigenvalue weighted by atomic mass is 10.0. The van der Waals surface area contributed by atoms with Gasteiger partial charge in [-0.1, -0.05) is 65.3 Å². The fraction of sp³-hybridized carbons (Fsp3) is 0.214. The van der Waals surface area contributed by atoms with Crippen molar-refractivity contribution in [3.8, 4) is 5.69 Å². The van der Waals surface area contributed by atoms with Crippen LogP contribution in [0.2, 0.25) is 10.0 Å². The van der Waals surface area contributed by atoms with Crippen LogP contribution in [0.1, 0.15) is 33.7 Å². The molecule has 0 bridgehead atoms. The van der Waals surface area contributed by atoms with Gasteiger partial charge in [0.05, 0.1) is 39.2 Å². The Bertz CT molecular complexity index is 1610. The number of carbonyl (C=O) groups excluding carboxylic acids is 2. The number of nitrogens with zero attached hydrogens (tertiary/aromatic N) is 4. The molecule has 212 valence electrons. The van der Waals surface area contributed by atoms with Crippen LogP contribution in [0.25, 0.3) is 5.69 Å². The van der Waals surface area contributed by atoms with E-state index in [-0.39, 0.29) is 29.1 Å². The second-order valence-corrected chi connectivity index (χ2v) is 10.9. The van der Waals surface area contributed by atoms with Crippen LogP contribution in [0, 0.1) is 0 Å². The predicted octanol–water partition coefficient (Wildman–Crippen LogP) is 6.59. The molecule has 41 heavy (non-hydrogen) atoms. The van der Waals surface area contributed by atoms with Gasteiger partial charge in [0.1, 0.15) is 0 Å². The van der Waals surface area contributed by atoms with Gasteiger partial charge in [0.15, 0.2) is 11.0 Å². The predicted molar refractivity (Wildman–Crippen MR) is 152 cm³/mol. The van der Waals surface area contributed by atoms with Crippen molar-refractivity contribution in [3.05, 3.63) is 99.3 Å². The number of thioether (sulfide) groups is 1. The molecule has 1 aromatic heterocycles. The van der Waals surface area contributed by atoms with E-state index >= 15 is 0 Å². The Kier molecular flexibility index (Phi) is 8.58. The van der Waals surface area contributed by atoms with Crippen molar-refractivity contribution in [2.24, 2.45) is 0 Å². The molecule has 1 aliphatic heterocycles. The van der Waals surface area contributed by atoms with Gasteiger partial charge in [0.25, 0.3) is 5.91 Å². The zero-order valence-electron chi connectivity index (χ0n) is 21.3. The lowest BCUT2D eigenvalue weighted by Crippen LogP contribution is -2.36. The third-order valence-electron chi connectivity index (χ3n) is 6.48. The first-order valence-corrected chi connectivity index (χ1v) is 14.2. The topological polar surface area (TPSA) is 80.1 Å². The zero-order chi connectivity index (χ0) is 29.1. The molecule has 0 atom stereocenters. The van der Waals surface area contributed by atoms with Crippen molar-refractivity contribution in [3.63, 3.8) is 0 Å². The number of fused-ring (bicyclic) bond motifs is 1. The van der Waals surface area contributed by atoms with Gasteiger partial charge in [-0.15, -0.1) is 10.2 Å². The van der Waals surface area contributed by atoms with E-state index in [1.165, 1.54) is 12.1 Å². The molecule has 1 aliphatic rings. The quantitative estimate of drug-likeness (QED) is 0.236. The average molecular weight is 620 g/mol. The Morgan fingerprint density at radius 1 is 0.976 bits per heavy atom. The van der Waals surface area contributed by atoms with Gasteiger partial charge in [0.2, 0.25) is 5.91 Å². The van der Waals surface area contributed by atoms with Crippen molar-refractivity contribution in [2.45, 2.75) is 30.7 Å². The highest BCUT2D eigenvalue weighted by Crippen LogP contribution is 2.33. The first kappa shape index (κ1) is 29.0. The first-order valence-electron chi connectivity index (χ1n) is 12.5. The van der Waals surface area contributed by atoms with E-state index in [0.717, 1.165) is 48.0 Å². The number of para-hydroxylation sites is 1. The smallest absolute Gasteiger partial charge is 0.345 e. The maximum atomic E-state index is 13.4. The minimum Gasteiger partial charge on any atom is -0.345 e. The first-order chi connectivity index (χ1) is 19.6. The Morgan fingerprint density at radius 2 is 1.73 bits per heavy atom. The highest BCUT2D eigenvalue weighted by atomic mass is 35.5. The van der Waals surface area contributed by atoms with E-state index in [1.54, 1.807) is 27.7 Å². The van der Waals surface area contributed by atoms with Gasteiger partial charge >= 0.3 is 6.18 Å². The number of hydrogen-bond acceptors (Lipinski definition) is 5. The van der Waals surface area contributed by atoms with Crippen molar-refractivity contribution >= 4 is 52.5 Å². The number of alkyl halides is 3. The summed E-state index contributed by atoms with van der Waals surface area (Å²) in [6, 6.07) is 17.1.